The predicted molar refractivity (Wildman–Crippen MR) is 158 cm³/mol. The Morgan fingerprint density at radius 3 is 2.55 bits per heavy atom. The number of aliphatic hydroxyl groups excluding tert-OH is 2. The molecule has 1 heterocycles. The Hall–Kier alpha value is -3.24. The van der Waals surface area contributed by atoms with Crippen LogP contribution < -0.4 is 5.73 Å². The second-order valence-corrected chi connectivity index (χ2v) is 13.6. The standard InChI is InChI=1S/C35H37F2NO6/c1-32-11-10-23(40)14-26(32)27(36)15-25-24-16-30-35(29(42)18-39,33(24,2)17-28(41)34(25,32)37)44-31(43-30)21-8-6-19(7-9-21)12-20-4-3-5-22(38)13-20/h3-11,13-14,24-25,27-28,30-31,39,41H,12,15-18,38H2,1-2H3/t24?,25-,27-,28-,30+,31+,32-,33-,34-,35+/m0/s1. The van der Waals surface area contributed by atoms with Crippen LogP contribution >= 0.6 is 0 Å². The molecule has 0 spiro atoms. The minimum Gasteiger partial charge on any atom is -0.399 e. The van der Waals surface area contributed by atoms with Crippen molar-refractivity contribution in [3.05, 3.63) is 89.0 Å². The van der Waals surface area contributed by atoms with Crippen LogP contribution in [0.5, 0.6) is 0 Å². The molecule has 0 bridgehead atoms. The van der Waals surface area contributed by atoms with Gasteiger partial charge >= 0.3 is 0 Å². The Bertz CT molecular complexity index is 1590. The first-order valence-electron chi connectivity index (χ1n) is 15.2. The largest absolute Gasteiger partial charge is 0.399 e. The average molecular weight is 606 g/mol. The maximum atomic E-state index is 17.5. The van der Waals surface area contributed by atoms with Crippen LogP contribution in [-0.4, -0.2) is 58.0 Å². The summed E-state index contributed by atoms with van der Waals surface area (Å²) < 4.78 is 46.3. The molecule has 4 aliphatic carbocycles. The quantitative estimate of drug-likeness (QED) is 0.430. The molecule has 7 nitrogen and oxygen atoms in total. The van der Waals surface area contributed by atoms with E-state index in [2.05, 4.69) is 0 Å². The van der Waals surface area contributed by atoms with Gasteiger partial charge in [-0.1, -0.05) is 49.4 Å². The summed E-state index contributed by atoms with van der Waals surface area (Å²) in [5.74, 6) is -2.60. The number of ether oxygens (including phenoxy) is 2. The van der Waals surface area contributed by atoms with Gasteiger partial charge in [-0.15, -0.1) is 0 Å². The van der Waals surface area contributed by atoms with E-state index < -0.39 is 76.8 Å². The maximum absolute atomic E-state index is 17.5. The Kier molecular flexibility index (Phi) is 6.62. The molecule has 9 heteroatoms. The third-order valence-corrected chi connectivity index (χ3v) is 11.5. The van der Waals surface area contributed by atoms with Crippen molar-refractivity contribution in [3.8, 4) is 0 Å². The van der Waals surface area contributed by atoms with E-state index >= 15 is 8.78 Å². The number of benzene rings is 2. The molecule has 0 radical (unpaired) electrons. The molecule has 10 atom stereocenters. The van der Waals surface area contributed by atoms with E-state index in [0.29, 0.717) is 17.7 Å². The fourth-order valence-corrected chi connectivity index (χ4v) is 9.45. The SMILES string of the molecule is C[C@]12C=CC(=O)C=C1[C@@H](F)C[C@H]1C3C[C@H]4O[C@@H](c5ccc(Cc6cccc(N)c6)cc5)O[C@@]4(C(=O)CO)[C@@]3(C)C[C@H](O)[C@@]12F. The van der Waals surface area contributed by atoms with E-state index in [9.17, 15) is 19.8 Å². The number of fused-ring (bicyclic) bond motifs is 7. The fourth-order valence-electron chi connectivity index (χ4n) is 9.45. The lowest BCUT2D eigenvalue weighted by Crippen LogP contribution is -2.70. The van der Waals surface area contributed by atoms with Crippen molar-refractivity contribution in [2.75, 3.05) is 12.3 Å². The van der Waals surface area contributed by atoms with Crippen molar-refractivity contribution in [3.63, 3.8) is 0 Å². The van der Waals surface area contributed by atoms with Crippen LogP contribution in [-0.2, 0) is 25.5 Å². The number of nitrogens with two attached hydrogens (primary N) is 1. The van der Waals surface area contributed by atoms with E-state index in [4.69, 9.17) is 15.2 Å². The first-order chi connectivity index (χ1) is 20.9. The summed E-state index contributed by atoms with van der Waals surface area (Å²) in [6.45, 7) is 2.49. The summed E-state index contributed by atoms with van der Waals surface area (Å²) in [6, 6.07) is 15.3. The molecule has 0 amide bonds. The van der Waals surface area contributed by atoms with Crippen LogP contribution in [0, 0.1) is 22.7 Å². The van der Waals surface area contributed by atoms with Gasteiger partial charge in [0, 0.05) is 28.0 Å². The topological polar surface area (TPSA) is 119 Å². The summed E-state index contributed by atoms with van der Waals surface area (Å²) in [7, 11) is 0. The third-order valence-electron chi connectivity index (χ3n) is 11.5. The summed E-state index contributed by atoms with van der Waals surface area (Å²) >= 11 is 0. The van der Waals surface area contributed by atoms with Gasteiger partial charge in [-0.2, -0.15) is 0 Å². The maximum Gasteiger partial charge on any atom is 0.193 e. The Morgan fingerprint density at radius 2 is 1.84 bits per heavy atom. The molecule has 1 unspecified atom stereocenters. The van der Waals surface area contributed by atoms with Crippen LogP contribution in [0.3, 0.4) is 0 Å². The highest BCUT2D eigenvalue weighted by atomic mass is 19.1. The molecule has 3 saturated carbocycles. The molecule has 1 aliphatic heterocycles. The molecule has 44 heavy (non-hydrogen) atoms. The number of nitrogen functional groups attached to an aromatic ring is 1. The summed E-state index contributed by atoms with van der Waals surface area (Å²) in [6.07, 6.45) is -0.720. The van der Waals surface area contributed by atoms with E-state index in [0.717, 1.165) is 17.2 Å². The monoisotopic (exact) mass is 605 g/mol. The van der Waals surface area contributed by atoms with E-state index in [-0.39, 0.29) is 24.8 Å². The van der Waals surface area contributed by atoms with Gasteiger partial charge in [-0.05, 0) is 79.5 Å². The Labute approximate surface area is 254 Å². The third kappa shape index (κ3) is 3.79. The zero-order valence-corrected chi connectivity index (χ0v) is 24.7. The summed E-state index contributed by atoms with van der Waals surface area (Å²) in [5.41, 5.74) is 2.78. The van der Waals surface area contributed by atoms with Crippen molar-refractivity contribution >= 4 is 17.3 Å². The van der Waals surface area contributed by atoms with Crippen LogP contribution in [0.4, 0.5) is 14.5 Å². The molecular formula is C35H37F2NO6. The van der Waals surface area contributed by atoms with E-state index in [1.54, 1.807) is 6.92 Å². The molecule has 0 aromatic heterocycles. The lowest BCUT2D eigenvalue weighted by atomic mass is 9.44. The number of ketones is 2. The number of halogens is 2. The molecule has 232 valence electrons. The van der Waals surface area contributed by atoms with Gasteiger partial charge < -0.3 is 25.4 Å². The van der Waals surface area contributed by atoms with Crippen LogP contribution in [0.1, 0.15) is 56.1 Å². The molecule has 1 saturated heterocycles. The Morgan fingerprint density at radius 1 is 1.09 bits per heavy atom. The van der Waals surface area contributed by atoms with Gasteiger partial charge in [-0.3, -0.25) is 9.59 Å². The molecule has 5 aliphatic rings. The number of Topliss-reactive ketones (excluding diaryl/α,β-unsaturated/α-hetero) is 1. The van der Waals surface area contributed by atoms with Gasteiger partial charge in [0.25, 0.3) is 0 Å². The number of carbonyl (C=O) groups is 2. The van der Waals surface area contributed by atoms with Crippen LogP contribution in [0.15, 0.2) is 72.3 Å². The number of hydrogen-bond donors (Lipinski definition) is 3. The zero-order valence-electron chi connectivity index (χ0n) is 24.7. The molecule has 2 aromatic rings. The average Bonchev–Trinajstić information content (AvgIpc) is 3.49. The van der Waals surface area contributed by atoms with Gasteiger partial charge in [0.2, 0.25) is 0 Å². The number of alkyl halides is 2. The van der Waals surface area contributed by atoms with Crippen molar-refractivity contribution in [2.24, 2.45) is 22.7 Å². The lowest BCUT2D eigenvalue weighted by molar-refractivity contribution is -0.235. The van der Waals surface area contributed by atoms with Crippen molar-refractivity contribution in [1.29, 1.82) is 0 Å². The zero-order chi connectivity index (χ0) is 31.2. The van der Waals surface area contributed by atoms with Gasteiger partial charge in [0.1, 0.15) is 12.8 Å². The highest BCUT2D eigenvalue weighted by Crippen LogP contribution is 2.72. The van der Waals surface area contributed by atoms with E-state index in [1.807, 2.05) is 48.5 Å². The van der Waals surface area contributed by atoms with Gasteiger partial charge in [0.15, 0.2) is 29.1 Å². The van der Waals surface area contributed by atoms with Crippen molar-refractivity contribution < 1.29 is 38.1 Å². The molecular weight excluding hydrogens is 568 g/mol. The summed E-state index contributed by atoms with van der Waals surface area (Å²) in [5, 5.41) is 21.8. The first kappa shape index (κ1) is 29.5. The number of allylic oxidation sites excluding steroid dienone is 4. The Balaban J connectivity index is 1.21. The van der Waals surface area contributed by atoms with Crippen molar-refractivity contribution in [1.82, 2.24) is 0 Å². The fraction of sp³-hybridized carbons (Fsp3) is 0.486. The molecule has 7 rings (SSSR count). The molecule has 4 fully saturated rings. The predicted octanol–water partition coefficient (Wildman–Crippen LogP) is 4.50. The van der Waals surface area contributed by atoms with Gasteiger partial charge in [-0.25, -0.2) is 8.78 Å². The number of anilines is 1. The second kappa shape index (κ2) is 9.88. The van der Waals surface area contributed by atoms with Gasteiger partial charge in [0.05, 0.1) is 12.2 Å². The first-order valence-corrected chi connectivity index (χ1v) is 15.2. The van der Waals surface area contributed by atoms with Crippen LogP contribution in [0.2, 0.25) is 0 Å². The van der Waals surface area contributed by atoms with Crippen LogP contribution in [0.25, 0.3) is 0 Å². The second-order valence-electron chi connectivity index (χ2n) is 13.6. The minimum absolute atomic E-state index is 0.0393. The number of carbonyl (C=O) groups excluding carboxylic acids is 2. The number of hydrogen-bond acceptors (Lipinski definition) is 7. The highest BCUT2D eigenvalue weighted by Gasteiger charge is 2.80. The molecule has 2 aromatic carbocycles. The normalized spacial score (nSPS) is 42.2. The molecule has 4 N–H and O–H groups in total. The van der Waals surface area contributed by atoms with Crippen molar-refractivity contribution in [2.45, 2.75) is 75.5 Å². The lowest BCUT2D eigenvalue weighted by Gasteiger charge is -2.63. The highest BCUT2D eigenvalue weighted by molar-refractivity contribution is 6.01. The number of aliphatic hydroxyl groups is 2. The number of rotatable bonds is 5. The minimum atomic E-state index is -2.29. The van der Waals surface area contributed by atoms with E-state index in [1.165, 1.54) is 19.1 Å². The smallest absolute Gasteiger partial charge is 0.193 e. The summed E-state index contributed by atoms with van der Waals surface area (Å²) in [4.78, 5) is 25.8.